The Morgan fingerprint density at radius 3 is 2.61 bits per heavy atom. The summed E-state index contributed by atoms with van der Waals surface area (Å²) in [6, 6.07) is 0. The van der Waals surface area contributed by atoms with Gasteiger partial charge >= 0.3 is 5.97 Å². The van der Waals surface area contributed by atoms with E-state index in [-0.39, 0.29) is 18.1 Å². The van der Waals surface area contributed by atoms with Crippen LogP contribution in [0.25, 0.3) is 0 Å². The van der Waals surface area contributed by atoms with E-state index in [0.29, 0.717) is 44.1 Å². The molecule has 3 N–H and O–H groups in total. The number of carbonyl (C=O) groups is 2. The molecular weight excluding hydrogens is 403 g/mol. The summed E-state index contributed by atoms with van der Waals surface area (Å²) in [5, 5.41) is 30.7. The fourth-order valence-corrected chi connectivity index (χ4v) is 7.87. The predicted molar refractivity (Wildman–Crippen MR) is 110 cm³/mol. The fourth-order valence-electron chi connectivity index (χ4n) is 7.87. The molecule has 0 radical (unpaired) electrons. The Bertz CT molecular complexity index is 866. The zero-order valence-corrected chi connectivity index (χ0v) is 18.5. The van der Waals surface area contributed by atoms with Crippen LogP contribution in [0.15, 0.2) is 23.5 Å². The molecule has 0 heterocycles. The molecule has 3 saturated carbocycles. The SMILES string of the molecule is CCC[C@]1(C(=O)O)CCC2C3CCC4=CC(=O)C(OCO)=C[C@]4(C)[C@@]3(F)[C@@H](O)C[C@@]21C. The molecule has 0 aliphatic heterocycles. The average Bonchev–Trinajstić information content (AvgIpc) is 2.98. The van der Waals surface area contributed by atoms with Gasteiger partial charge in [-0.3, -0.25) is 9.59 Å². The van der Waals surface area contributed by atoms with Crippen molar-refractivity contribution in [1.82, 2.24) is 0 Å². The largest absolute Gasteiger partial charge is 0.481 e. The number of carboxylic acid groups (broad SMARTS) is 1. The summed E-state index contributed by atoms with van der Waals surface area (Å²) in [7, 11) is 0. The van der Waals surface area contributed by atoms with Crippen LogP contribution in [0.5, 0.6) is 0 Å². The number of hydrogen-bond acceptors (Lipinski definition) is 5. The first-order valence-electron chi connectivity index (χ1n) is 11.3. The van der Waals surface area contributed by atoms with E-state index >= 15 is 4.39 Å². The van der Waals surface area contributed by atoms with Crippen LogP contribution >= 0.6 is 0 Å². The molecule has 3 fully saturated rings. The van der Waals surface area contributed by atoms with Crippen molar-refractivity contribution in [1.29, 1.82) is 0 Å². The van der Waals surface area contributed by atoms with Crippen LogP contribution < -0.4 is 0 Å². The molecule has 0 amide bonds. The lowest BCUT2D eigenvalue weighted by Gasteiger charge is -2.63. The van der Waals surface area contributed by atoms with Gasteiger partial charge in [-0.2, -0.15) is 0 Å². The molecule has 0 saturated heterocycles. The Morgan fingerprint density at radius 2 is 2.00 bits per heavy atom. The lowest BCUT2D eigenvalue weighted by Crippen LogP contribution is -2.68. The van der Waals surface area contributed by atoms with Gasteiger partial charge in [0.15, 0.2) is 18.2 Å². The zero-order chi connectivity index (χ0) is 22.8. The highest BCUT2D eigenvalue weighted by molar-refractivity contribution is 6.04. The van der Waals surface area contributed by atoms with Gasteiger partial charge in [0, 0.05) is 11.3 Å². The molecule has 6 nitrogen and oxygen atoms in total. The highest BCUT2D eigenvalue weighted by Crippen LogP contribution is 2.72. The number of ether oxygens (including phenoxy) is 1. The molecule has 7 atom stereocenters. The maximum atomic E-state index is 17.2. The molecule has 0 aromatic heterocycles. The number of ketones is 1. The molecule has 7 heteroatoms. The van der Waals surface area contributed by atoms with Gasteiger partial charge in [-0.25, -0.2) is 4.39 Å². The van der Waals surface area contributed by atoms with Gasteiger partial charge in [0.05, 0.1) is 11.5 Å². The number of halogens is 1. The Balaban J connectivity index is 1.82. The topological polar surface area (TPSA) is 104 Å². The Kier molecular flexibility index (Phi) is 5.17. The number of aliphatic hydroxyl groups excluding tert-OH is 2. The smallest absolute Gasteiger partial charge is 0.310 e. The minimum absolute atomic E-state index is 0.0673. The lowest BCUT2D eigenvalue weighted by molar-refractivity contribution is -0.211. The molecule has 2 unspecified atom stereocenters. The second-order valence-corrected chi connectivity index (χ2v) is 10.4. The first-order valence-corrected chi connectivity index (χ1v) is 11.3. The number of carboxylic acids is 1. The maximum Gasteiger partial charge on any atom is 0.310 e. The number of aliphatic hydroxyl groups is 2. The third-order valence-electron chi connectivity index (χ3n) is 9.38. The van der Waals surface area contributed by atoms with Gasteiger partial charge in [-0.15, -0.1) is 0 Å². The van der Waals surface area contributed by atoms with Crippen LogP contribution in [-0.2, 0) is 14.3 Å². The van der Waals surface area contributed by atoms with E-state index in [0.717, 1.165) is 0 Å². The molecule has 0 spiro atoms. The van der Waals surface area contributed by atoms with E-state index in [9.17, 15) is 19.8 Å². The van der Waals surface area contributed by atoms with Crippen molar-refractivity contribution in [2.24, 2.45) is 28.1 Å². The molecule has 4 aliphatic carbocycles. The highest BCUT2D eigenvalue weighted by Gasteiger charge is 2.74. The third kappa shape index (κ3) is 2.62. The average molecular weight is 437 g/mol. The van der Waals surface area contributed by atoms with Gasteiger partial charge < -0.3 is 20.1 Å². The minimum atomic E-state index is -2.05. The lowest BCUT2D eigenvalue weighted by atomic mass is 9.43. The zero-order valence-electron chi connectivity index (χ0n) is 18.5. The van der Waals surface area contributed by atoms with Crippen molar-refractivity contribution in [2.45, 2.75) is 77.5 Å². The van der Waals surface area contributed by atoms with E-state index in [1.165, 1.54) is 12.2 Å². The maximum absolute atomic E-state index is 17.2. The second kappa shape index (κ2) is 7.14. The summed E-state index contributed by atoms with van der Waals surface area (Å²) in [6.07, 6.45) is 4.82. The van der Waals surface area contributed by atoms with Crippen molar-refractivity contribution in [3.8, 4) is 0 Å². The molecule has 172 valence electrons. The summed E-state index contributed by atoms with van der Waals surface area (Å²) in [5.74, 6) is -2.06. The first kappa shape index (κ1) is 22.5. The molecule has 4 aliphatic rings. The Labute approximate surface area is 182 Å². The van der Waals surface area contributed by atoms with Gasteiger partial charge in [-0.1, -0.05) is 25.8 Å². The second-order valence-electron chi connectivity index (χ2n) is 10.4. The minimum Gasteiger partial charge on any atom is -0.481 e. The van der Waals surface area contributed by atoms with Crippen LogP contribution in [0.4, 0.5) is 4.39 Å². The molecule has 0 aromatic carbocycles. The van der Waals surface area contributed by atoms with E-state index in [2.05, 4.69) is 0 Å². The summed E-state index contributed by atoms with van der Waals surface area (Å²) < 4.78 is 22.3. The number of allylic oxidation sites excluding steroid dienone is 3. The quantitative estimate of drug-likeness (QED) is 0.570. The van der Waals surface area contributed by atoms with E-state index in [1.807, 2.05) is 13.8 Å². The summed E-state index contributed by atoms with van der Waals surface area (Å²) in [5.41, 5.74) is -4.35. The van der Waals surface area contributed by atoms with E-state index in [4.69, 9.17) is 9.84 Å². The fraction of sp³-hybridized carbons (Fsp3) is 0.750. The van der Waals surface area contributed by atoms with Gasteiger partial charge in [0.1, 0.15) is 0 Å². The number of hydrogen-bond donors (Lipinski definition) is 3. The standard InChI is InChI=1S/C24H33FO6/c1-4-8-23(20(29)30)9-7-15-16-6-5-14-10-17(27)18(31-13-26)11-21(14,2)24(16,25)19(28)12-22(15,23)3/h10-11,15-16,19,26,28H,4-9,12-13H2,1-3H3,(H,29,30)/t15?,16?,19-,21-,22-,23+,24-/m0/s1. The molecule has 0 aromatic rings. The van der Waals surface area contributed by atoms with Crippen LogP contribution in [0, 0.1) is 28.1 Å². The normalized spacial score (nSPS) is 46.4. The summed E-state index contributed by atoms with van der Waals surface area (Å²) in [6.45, 7) is 4.90. The van der Waals surface area contributed by atoms with Crippen molar-refractivity contribution < 1.29 is 34.0 Å². The van der Waals surface area contributed by atoms with Crippen LogP contribution in [0.3, 0.4) is 0 Å². The first-order chi connectivity index (χ1) is 14.5. The van der Waals surface area contributed by atoms with E-state index in [1.54, 1.807) is 6.92 Å². The summed E-state index contributed by atoms with van der Waals surface area (Å²) in [4.78, 5) is 24.9. The number of alkyl halides is 1. The Hall–Kier alpha value is -1.73. The number of carbonyl (C=O) groups excluding carboxylic acids is 1. The third-order valence-corrected chi connectivity index (χ3v) is 9.38. The van der Waals surface area contributed by atoms with Crippen LogP contribution in [0.2, 0.25) is 0 Å². The number of fused-ring (bicyclic) bond motifs is 5. The van der Waals surface area contributed by atoms with Crippen molar-refractivity contribution in [2.75, 3.05) is 6.79 Å². The van der Waals surface area contributed by atoms with Crippen molar-refractivity contribution >= 4 is 11.8 Å². The van der Waals surface area contributed by atoms with E-state index < -0.39 is 52.5 Å². The van der Waals surface area contributed by atoms with Crippen LogP contribution in [0.1, 0.15) is 65.7 Å². The monoisotopic (exact) mass is 436 g/mol. The predicted octanol–water partition coefficient (Wildman–Crippen LogP) is 3.52. The summed E-state index contributed by atoms with van der Waals surface area (Å²) >= 11 is 0. The molecule has 31 heavy (non-hydrogen) atoms. The van der Waals surface area contributed by atoms with Crippen molar-refractivity contribution in [3.63, 3.8) is 0 Å². The highest BCUT2D eigenvalue weighted by atomic mass is 19.1. The van der Waals surface area contributed by atoms with Gasteiger partial charge in [-0.05, 0) is 68.9 Å². The van der Waals surface area contributed by atoms with Gasteiger partial charge in [0.2, 0.25) is 5.78 Å². The molecule has 4 rings (SSSR count). The Morgan fingerprint density at radius 1 is 1.29 bits per heavy atom. The molecular formula is C24H33FO6. The number of rotatable bonds is 5. The van der Waals surface area contributed by atoms with Crippen molar-refractivity contribution in [3.05, 3.63) is 23.5 Å². The number of aliphatic carboxylic acids is 1. The van der Waals surface area contributed by atoms with Gasteiger partial charge in [0.25, 0.3) is 0 Å². The molecule has 0 bridgehead atoms. The van der Waals surface area contributed by atoms with Crippen LogP contribution in [-0.4, -0.2) is 45.6 Å².